The van der Waals surface area contributed by atoms with Crippen LogP contribution in [-0.4, -0.2) is 54.4 Å². The molecule has 0 bridgehead atoms. The molecule has 7 N–H and O–H groups in total. The van der Waals surface area contributed by atoms with Gasteiger partial charge in [-0.1, -0.05) is 0 Å². The summed E-state index contributed by atoms with van der Waals surface area (Å²) >= 11 is 0. The molecular weight excluding hydrogens is 376 g/mol. The van der Waals surface area contributed by atoms with E-state index in [0.29, 0.717) is 31.0 Å². The van der Waals surface area contributed by atoms with Gasteiger partial charge in [-0.25, -0.2) is 10.7 Å². The first-order valence-corrected chi connectivity index (χ1v) is 9.85. The predicted molar refractivity (Wildman–Crippen MR) is 108 cm³/mol. The first-order valence-electron chi connectivity index (χ1n) is 9.85. The number of carbonyl (C=O) groups is 1. The third kappa shape index (κ3) is 4.87. The van der Waals surface area contributed by atoms with Gasteiger partial charge in [0.2, 0.25) is 6.10 Å². The molecule has 0 radical (unpaired) electrons. The number of nitrogens with two attached hydrogens (primary N) is 3. The maximum atomic E-state index is 11.2. The Balaban J connectivity index is 1.79. The van der Waals surface area contributed by atoms with Gasteiger partial charge in [-0.3, -0.25) is 9.83 Å². The zero-order valence-electron chi connectivity index (χ0n) is 16.7. The average molecular weight is 406 g/mol. The van der Waals surface area contributed by atoms with Gasteiger partial charge in [-0.2, -0.15) is 0 Å². The molecule has 1 unspecified atom stereocenters. The number of fused-ring (bicyclic) bond motifs is 1. The number of aryl methyl sites for hydroxylation is 1. The van der Waals surface area contributed by atoms with Gasteiger partial charge in [-0.05, 0) is 62.3 Å². The summed E-state index contributed by atoms with van der Waals surface area (Å²) < 4.78 is 11.2. The number of aliphatic imine (C=N–C) groups is 1. The zero-order chi connectivity index (χ0) is 21.0. The maximum Gasteiger partial charge on any atom is 0.338 e. The van der Waals surface area contributed by atoms with E-state index in [-0.39, 0.29) is 11.6 Å². The molecule has 1 heterocycles. The number of aliphatic carboxylic acids is 1. The van der Waals surface area contributed by atoms with Crippen LogP contribution in [0.3, 0.4) is 0 Å². The molecular formula is C20H30N4O5. The monoisotopic (exact) mass is 406 g/mol. The number of methoxy groups -OCH3 is 1. The number of rotatable bonds is 7. The summed E-state index contributed by atoms with van der Waals surface area (Å²) in [6.07, 6.45) is 2.74. The lowest BCUT2D eigenvalue weighted by molar-refractivity contribution is -0.158. The van der Waals surface area contributed by atoms with Crippen LogP contribution in [0.4, 0.5) is 0 Å². The van der Waals surface area contributed by atoms with Crippen LogP contribution in [0.1, 0.15) is 43.2 Å². The summed E-state index contributed by atoms with van der Waals surface area (Å²) in [5, 5.41) is 9.20. The summed E-state index contributed by atoms with van der Waals surface area (Å²) in [6, 6.07) is 5.76. The molecule has 1 aliphatic carbocycles. The van der Waals surface area contributed by atoms with Crippen molar-refractivity contribution in [3.8, 4) is 5.75 Å². The summed E-state index contributed by atoms with van der Waals surface area (Å²) in [5.41, 5.74) is 13.8. The van der Waals surface area contributed by atoms with E-state index in [1.807, 2.05) is 12.1 Å². The van der Waals surface area contributed by atoms with Crippen molar-refractivity contribution in [3.63, 3.8) is 0 Å². The van der Waals surface area contributed by atoms with Crippen molar-refractivity contribution in [2.45, 2.75) is 62.3 Å². The van der Waals surface area contributed by atoms with Crippen molar-refractivity contribution in [1.29, 1.82) is 0 Å². The first-order chi connectivity index (χ1) is 13.9. The Labute approximate surface area is 170 Å². The number of benzene rings is 1. The highest BCUT2D eigenvalue weighted by molar-refractivity contribution is 5.98. The Hall–Kier alpha value is -2.20. The van der Waals surface area contributed by atoms with Gasteiger partial charge >= 0.3 is 5.97 Å². The lowest BCUT2D eigenvalue weighted by Gasteiger charge is -2.36. The SMILES string of the molecule is COCC1(N=C(N)c2ccc3c(c2)CC[C@H](C(ON)C(=O)O)O3)CCC(N)CC1. The molecule has 0 aromatic heterocycles. The Morgan fingerprint density at radius 2 is 2.10 bits per heavy atom. The standard InChI is InChI=1S/C20H30N4O5/c1-27-11-20(8-6-14(21)7-9-20)24-18(22)13-3-4-15-12(10-13)2-5-16(28-15)17(29-23)19(25)26/h3-4,10,14,16-17H,2,5-9,11,21,23H2,1H3,(H2,22,24)(H,25,26)/t14?,16-,17?,20?/m1/s1. The van der Waals surface area contributed by atoms with Gasteiger partial charge in [0.05, 0.1) is 12.1 Å². The smallest absolute Gasteiger partial charge is 0.338 e. The second-order valence-corrected chi connectivity index (χ2v) is 7.90. The molecule has 29 heavy (non-hydrogen) atoms. The number of hydrogen-bond acceptors (Lipinski definition) is 7. The van der Waals surface area contributed by atoms with E-state index in [9.17, 15) is 9.90 Å². The van der Waals surface area contributed by atoms with Crippen LogP contribution < -0.4 is 22.1 Å². The van der Waals surface area contributed by atoms with Crippen LogP contribution in [0.2, 0.25) is 0 Å². The van der Waals surface area contributed by atoms with Crippen LogP contribution in [-0.2, 0) is 20.8 Å². The van der Waals surface area contributed by atoms with Crippen LogP contribution in [0, 0.1) is 0 Å². The van der Waals surface area contributed by atoms with E-state index in [1.165, 1.54) is 0 Å². The van der Waals surface area contributed by atoms with Crippen LogP contribution in [0.25, 0.3) is 0 Å². The minimum atomic E-state index is -1.21. The molecule has 0 amide bonds. The molecule has 160 valence electrons. The molecule has 2 atom stereocenters. The largest absolute Gasteiger partial charge is 0.487 e. The minimum Gasteiger partial charge on any atom is -0.487 e. The van der Waals surface area contributed by atoms with Crippen molar-refractivity contribution in [3.05, 3.63) is 29.3 Å². The van der Waals surface area contributed by atoms with Gasteiger partial charge < -0.3 is 26.0 Å². The highest BCUT2D eigenvalue weighted by Crippen LogP contribution is 2.33. The summed E-state index contributed by atoms with van der Waals surface area (Å²) in [5.74, 6) is 5.03. The highest BCUT2D eigenvalue weighted by Gasteiger charge is 2.35. The van der Waals surface area contributed by atoms with Gasteiger partial charge in [-0.15, -0.1) is 0 Å². The van der Waals surface area contributed by atoms with E-state index in [0.717, 1.165) is 36.8 Å². The predicted octanol–water partition coefficient (Wildman–Crippen LogP) is 0.716. The van der Waals surface area contributed by atoms with E-state index in [4.69, 9.17) is 31.8 Å². The van der Waals surface area contributed by atoms with Crippen LogP contribution >= 0.6 is 0 Å². The highest BCUT2D eigenvalue weighted by atomic mass is 16.7. The number of carboxylic acid groups (broad SMARTS) is 1. The molecule has 9 heteroatoms. The first kappa shape index (κ1) is 21.5. The molecule has 0 saturated heterocycles. The molecule has 1 aromatic carbocycles. The van der Waals surface area contributed by atoms with Gasteiger partial charge in [0.25, 0.3) is 0 Å². The van der Waals surface area contributed by atoms with Crippen molar-refractivity contribution < 1.29 is 24.2 Å². The van der Waals surface area contributed by atoms with Crippen LogP contribution in [0.5, 0.6) is 5.75 Å². The fourth-order valence-corrected chi connectivity index (χ4v) is 4.14. The number of amidine groups is 1. The van der Waals surface area contributed by atoms with Crippen molar-refractivity contribution >= 4 is 11.8 Å². The topological polar surface area (TPSA) is 155 Å². The Morgan fingerprint density at radius 1 is 1.38 bits per heavy atom. The van der Waals surface area contributed by atoms with E-state index in [1.54, 1.807) is 13.2 Å². The Bertz CT molecular complexity index is 761. The molecule has 1 fully saturated rings. The number of nitrogens with zero attached hydrogens (tertiary/aromatic N) is 1. The lowest BCUT2D eigenvalue weighted by atomic mass is 9.80. The van der Waals surface area contributed by atoms with Crippen molar-refractivity contribution in [1.82, 2.24) is 0 Å². The molecule has 1 aliphatic heterocycles. The van der Waals surface area contributed by atoms with E-state index < -0.39 is 18.2 Å². The normalized spacial score (nSPS) is 28.3. The number of carboxylic acids is 1. The summed E-state index contributed by atoms with van der Waals surface area (Å²) in [7, 11) is 1.67. The Kier molecular flexibility index (Phi) is 6.74. The molecule has 0 spiro atoms. The Morgan fingerprint density at radius 3 is 2.72 bits per heavy atom. The molecule has 9 nitrogen and oxygen atoms in total. The lowest BCUT2D eigenvalue weighted by Crippen LogP contribution is -2.43. The summed E-state index contributed by atoms with van der Waals surface area (Å²) in [4.78, 5) is 20.7. The quantitative estimate of drug-likeness (QED) is 0.293. The third-order valence-electron chi connectivity index (χ3n) is 5.79. The van der Waals surface area contributed by atoms with Gasteiger partial charge in [0.15, 0.2) is 0 Å². The zero-order valence-corrected chi connectivity index (χ0v) is 16.7. The van der Waals surface area contributed by atoms with Crippen molar-refractivity contribution in [2.75, 3.05) is 13.7 Å². The van der Waals surface area contributed by atoms with E-state index in [2.05, 4.69) is 4.84 Å². The second-order valence-electron chi connectivity index (χ2n) is 7.90. The number of hydrogen-bond donors (Lipinski definition) is 4. The average Bonchev–Trinajstić information content (AvgIpc) is 2.70. The fraction of sp³-hybridized carbons (Fsp3) is 0.600. The fourth-order valence-electron chi connectivity index (χ4n) is 4.14. The number of ether oxygens (including phenoxy) is 2. The summed E-state index contributed by atoms with van der Waals surface area (Å²) in [6.45, 7) is 0.506. The van der Waals surface area contributed by atoms with Gasteiger partial charge in [0.1, 0.15) is 17.7 Å². The molecule has 2 aliphatic rings. The third-order valence-corrected chi connectivity index (χ3v) is 5.79. The van der Waals surface area contributed by atoms with E-state index >= 15 is 0 Å². The van der Waals surface area contributed by atoms with Crippen LogP contribution in [0.15, 0.2) is 23.2 Å². The second kappa shape index (κ2) is 9.08. The minimum absolute atomic E-state index is 0.206. The molecule has 3 rings (SSSR count). The van der Waals surface area contributed by atoms with Crippen molar-refractivity contribution in [2.24, 2.45) is 22.4 Å². The molecule has 1 aromatic rings. The van der Waals surface area contributed by atoms with Gasteiger partial charge in [0, 0.05) is 18.7 Å². The molecule has 1 saturated carbocycles. The maximum absolute atomic E-state index is 11.2.